The Morgan fingerprint density at radius 3 is 2.53 bits per heavy atom. The lowest BCUT2D eigenvalue weighted by Gasteiger charge is -2.59. The third kappa shape index (κ3) is 5.20. The minimum absolute atomic E-state index is 0.154. The number of allylic oxidation sites excluding steroid dienone is 1. The van der Waals surface area contributed by atoms with Gasteiger partial charge in [0.1, 0.15) is 5.60 Å². The van der Waals surface area contributed by atoms with Gasteiger partial charge in [0.25, 0.3) is 5.91 Å². The van der Waals surface area contributed by atoms with Crippen LogP contribution in [-0.2, 0) is 4.79 Å². The third-order valence-corrected chi connectivity index (χ3v) is 11.6. The maximum atomic E-state index is 13.0. The van der Waals surface area contributed by atoms with Gasteiger partial charge in [-0.15, -0.1) is 0 Å². The monoisotopic (exact) mass is 500 g/mol. The van der Waals surface area contributed by atoms with E-state index in [-0.39, 0.29) is 11.3 Å². The Bertz CT molecular complexity index is 821. The number of fused-ring (bicyclic) bond motifs is 5. The zero-order chi connectivity index (χ0) is 26.3. The highest BCUT2D eigenvalue weighted by Crippen LogP contribution is 2.67. The van der Waals surface area contributed by atoms with Crippen molar-refractivity contribution >= 4 is 5.91 Å². The fourth-order valence-electron chi connectivity index (χ4n) is 9.42. The smallest absolute Gasteiger partial charge is 0.252 e. The number of hydrogen-bond donors (Lipinski definition) is 2. The Morgan fingerprint density at radius 1 is 1.08 bits per heavy atom. The van der Waals surface area contributed by atoms with E-state index in [1.165, 1.54) is 50.5 Å². The van der Waals surface area contributed by atoms with Gasteiger partial charge >= 0.3 is 0 Å². The number of carbonyl (C=O) groups excluding carboxylic acids is 1. The predicted molar refractivity (Wildman–Crippen MR) is 150 cm³/mol. The van der Waals surface area contributed by atoms with Gasteiger partial charge in [-0.2, -0.15) is 0 Å². The molecule has 36 heavy (non-hydrogen) atoms. The van der Waals surface area contributed by atoms with Crippen LogP contribution >= 0.6 is 0 Å². The number of aliphatic hydroxyl groups is 1. The van der Waals surface area contributed by atoms with E-state index in [4.69, 9.17) is 0 Å². The van der Waals surface area contributed by atoms with Crippen molar-refractivity contribution in [1.29, 1.82) is 0 Å². The van der Waals surface area contributed by atoms with Gasteiger partial charge in [0, 0.05) is 19.5 Å². The van der Waals surface area contributed by atoms with Crippen LogP contribution in [0.4, 0.5) is 0 Å². The fraction of sp³-hybridized carbons (Fsp3) is 0.906. The quantitative estimate of drug-likeness (QED) is 0.358. The lowest BCUT2D eigenvalue weighted by atomic mass is 9.46. The summed E-state index contributed by atoms with van der Waals surface area (Å²) in [4.78, 5) is 15.0. The molecule has 8 atom stereocenters. The van der Waals surface area contributed by atoms with Crippen LogP contribution in [0.15, 0.2) is 11.6 Å². The van der Waals surface area contributed by atoms with Gasteiger partial charge in [0.05, 0.1) is 0 Å². The van der Waals surface area contributed by atoms with Crippen molar-refractivity contribution in [3.05, 3.63) is 11.6 Å². The molecule has 0 aromatic carbocycles. The van der Waals surface area contributed by atoms with E-state index in [0.29, 0.717) is 30.7 Å². The van der Waals surface area contributed by atoms with E-state index in [9.17, 15) is 9.90 Å². The number of nitrogens with zero attached hydrogens (tertiary/aromatic N) is 1. The lowest BCUT2D eigenvalue weighted by molar-refractivity contribution is -0.145. The van der Waals surface area contributed by atoms with Crippen LogP contribution in [0.3, 0.4) is 0 Å². The van der Waals surface area contributed by atoms with Gasteiger partial charge in [-0.05, 0) is 105 Å². The van der Waals surface area contributed by atoms with Crippen LogP contribution in [-0.4, -0.2) is 48.7 Å². The van der Waals surface area contributed by atoms with Gasteiger partial charge in [0.2, 0.25) is 0 Å². The van der Waals surface area contributed by atoms with Gasteiger partial charge in [-0.3, -0.25) is 4.79 Å². The van der Waals surface area contributed by atoms with Crippen LogP contribution in [0.25, 0.3) is 0 Å². The molecule has 4 rings (SSSR count). The van der Waals surface area contributed by atoms with E-state index < -0.39 is 5.60 Å². The van der Waals surface area contributed by atoms with Gasteiger partial charge in [0.15, 0.2) is 0 Å². The highest BCUT2D eigenvalue weighted by atomic mass is 16.3. The first-order valence-corrected chi connectivity index (χ1v) is 15.3. The Balaban J connectivity index is 1.44. The van der Waals surface area contributed by atoms with Crippen molar-refractivity contribution in [3.63, 3.8) is 0 Å². The van der Waals surface area contributed by atoms with Crippen molar-refractivity contribution in [2.45, 2.75) is 111 Å². The van der Waals surface area contributed by atoms with Crippen molar-refractivity contribution < 1.29 is 9.90 Å². The second kappa shape index (κ2) is 10.7. The standard InChI is InChI=1S/C32H56N2O2/c1-22(2)9-8-10-23(3)26-13-14-27-25-12-11-24-21-32(36,29(35)33-19-20-34(6)7)18-17-30(24,4)28(25)15-16-31(26,27)5/h11,22-23,25-28,36H,8-10,12-21H2,1-7H3,(H,33,35)/t23-,25+,26-,27+,28+,30+,31-,32+/m1/s1. The number of carbonyl (C=O) groups is 1. The second-order valence-electron chi connectivity index (χ2n) is 14.6. The molecule has 0 bridgehead atoms. The van der Waals surface area contributed by atoms with Gasteiger partial charge in [-0.25, -0.2) is 0 Å². The molecule has 0 unspecified atom stereocenters. The summed E-state index contributed by atoms with van der Waals surface area (Å²) in [7, 11) is 4.01. The number of likely N-dealkylation sites (N-methyl/N-ethyl adjacent to an activating group) is 1. The highest BCUT2D eigenvalue weighted by Gasteiger charge is 2.60. The molecule has 4 aliphatic rings. The first kappa shape index (κ1) is 28.1. The Hall–Kier alpha value is -0.870. The molecule has 3 fully saturated rings. The lowest BCUT2D eigenvalue weighted by Crippen LogP contribution is -2.56. The Kier molecular flexibility index (Phi) is 8.38. The maximum Gasteiger partial charge on any atom is 0.252 e. The summed E-state index contributed by atoms with van der Waals surface area (Å²) >= 11 is 0. The molecule has 4 heteroatoms. The van der Waals surface area contributed by atoms with Crippen LogP contribution < -0.4 is 5.32 Å². The van der Waals surface area contributed by atoms with E-state index >= 15 is 0 Å². The molecule has 0 spiro atoms. The summed E-state index contributed by atoms with van der Waals surface area (Å²) in [5.74, 6) is 4.72. The van der Waals surface area contributed by atoms with Crippen LogP contribution in [0.5, 0.6) is 0 Å². The molecular weight excluding hydrogens is 444 g/mol. The molecule has 0 aromatic heterocycles. The van der Waals surface area contributed by atoms with E-state index in [1.54, 1.807) is 0 Å². The number of nitrogens with one attached hydrogen (secondary N) is 1. The molecule has 3 saturated carbocycles. The predicted octanol–water partition coefficient (Wildman–Crippen LogP) is 6.44. The van der Waals surface area contributed by atoms with Gasteiger partial charge < -0.3 is 15.3 Å². The normalized spacial score (nSPS) is 40.9. The maximum absolute atomic E-state index is 13.0. The summed E-state index contributed by atoms with van der Waals surface area (Å²) in [6.45, 7) is 13.8. The van der Waals surface area contributed by atoms with E-state index in [1.807, 2.05) is 14.1 Å². The Labute approximate surface area is 222 Å². The first-order valence-electron chi connectivity index (χ1n) is 15.3. The second-order valence-corrected chi connectivity index (χ2v) is 14.6. The Morgan fingerprint density at radius 2 is 1.83 bits per heavy atom. The highest BCUT2D eigenvalue weighted by molar-refractivity contribution is 5.85. The molecule has 2 N–H and O–H groups in total. The van der Waals surface area contributed by atoms with Crippen molar-refractivity contribution in [2.24, 2.45) is 46.3 Å². The molecule has 0 radical (unpaired) electrons. The molecule has 0 aliphatic heterocycles. The number of amides is 1. The largest absolute Gasteiger partial charge is 0.380 e. The van der Waals surface area contributed by atoms with Crippen LogP contribution in [0.2, 0.25) is 0 Å². The zero-order valence-electron chi connectivity index (χ0n) is 24.5. The van der Waals surface area contributed by atoms with Gasteiger partial charge in [-0.1, -0.05) is 65.5 Å². The number of rotatable bonds is 9. The first-order chi connectivity index (χ1) is 16.9. The minimum atomic E-state index is -1.24. The molecule has 206 valence electrons. The topological polar surface area (TPSA) is 52.6 Å². The molecule has 4 aliphatic carbocycles. The summed E-state index contributed by atoms with van der Waals surface area (Å²) in [5.41, 5.74) is 0.793. The molecule has 4 nitrogen and oxygen atoms in total. The summed E-state index contributed by atoms with van der Waals surface area (Å²) in [6, 6.07) is 0. The summed E-state index contributed by atoms with van der Waals surface area (Å²) in [6.07, 6.45) is 15.4. The number of hydrogen-bond acceptors (Lipinski definition) is 3. The van der Waals surface area contributed by atoms with E-state index in [2.05, 4.69) is 50.9 Å². The molecule has 0 heterocycles. The van der Waals surface area contributed by atoms with E-state index in [0.717, 1.165) is 49.0 Å². The molecule has 0 saturated heterocycles. The van der Waals surface area contributed by atoms with Crippen molar-refractivity contribution in [2.75, 3.05) is 27.2 Å². The fourth-order valence-corrected chi connectivity index (χ4v) is 9.42. The SMILES string of the molecule is CC(C)CCC[C@@H](C)[C@H]1CC[C@H]2[C@@H]3CC=C4C[C@](O)(C(=O)NCCN(C)C)CC[C@]4(C)[C@H]3CC[C@]12C. The van der Waals surface area contributed by atoms with Crippen LogP contribution in [0.1, 0.15) is 105 Å². The summed E-state index contributed by atoms with van der Waals surface area (Å²) in [5, 5.41) is 14.4. The third-order valence-electron chi connectivity index (χ3n) is 11.6. The minimum Gasteiger partial charge on any atom is -0.380 e. The molecular formula is C32H56N2O2. The average molecular weight is 501 g/mol. The molecule has 0 aromatic rings. The average Bonchev–Trinajstić information content (AvgIpc) is 3.16. The summed E-state index contributed by atoms with van der Waals surface area (Å²) < 4.78 is 0. The molecule has 1 amide bonds. The van der Waals surface area contributed by atoms with Crippen molar-refractivity contribution in [1.82, 2.24) is 10.2 Å². The van der Waals surface area contributed by atoms with Crippen LogP contribution in [0, 0.1) is 46.3 Å². The zero-order valence-corrected chi connectivity index (χ0v) is 24.5. The van der Waals surface area contributed by atoms with Crippen molar-refractivity contribution in [3.8, 4) is 0 Å².